The molecule has 1 N–H and O–H groups in total. The average Bonchev–Trinajstić information content (AvgIpc) is 2.70. The molecule has 0 aliphatic heterocycles. The normalized spacial score (nSPS) is 14.4. The van der Waals surface area contributed by atoms with Crippen molar-refractivity contribution in [3.63, 3.8) is 0 Å². The molecule has 0 amide bonds. The van der Waals surface area contributed by atoms with Crippen LogP contribution in [0.2, 0.25) is 0 Å². The summed E-state index contributed by atoms with van der Waals surface area (Å²) in [5.41, 5.74) is 3.76. The van der Waals surface area contributed by atoms with E-state index in [-0.39, 0.29) is 6.04 Å². The second-order valence-corrected chi connectivity index (χ2v) is 5.89. The van der Waals surface area contributed by atoms with Crippen molar-refractivity contribution in [3.8, 4) is 0 Å². The maximum atomic E-state index is 4.30. The third-order valence-electron chi connectivity index (χ3n) is 3.61. The highest BCUT2D eigenvalue weighted by Crippen LogP contribution is 2.22. The van der Waals surface area contributed by atoms with E-state index in [1.165, 1.54) is 16.8 Å². The van der Waals surface area contributed by atoms with Gasteiger partial charge in [-0.3, -0.25) is 4.68 Å². The van der Waals surface area contributed by atoms with E-state index in [0.717, 1.165) is 4.47 Å². The van der Waals surface area contributed by atoms with Gasteiger partial charge in [-0.05, 0) is 38.5 Å². The Labute approximate surface area is 123 Å². The zero-order chi connectivity index (χ0) is 14.0. The van der Waals surface area contributed by atoms with E-state index in [0.29, 0.717) is 6.04 Å². The molecule has 0 saturated heterocycles. The summed E-state index contributed by atoms with van der Waals surface area (Å²) in [6, 6.07) is 9.03. The van der Waals surface area contributed by atoms with Crippen LogP contribution in [0.1, 0.15) is 42.8 Å². The van der Waals surface area contributed by atoms with Crippen molar-refractivity contribution in [2.24, 2.45) is 7.05 Å². The van der Waals surface area contributed by atoms with Crippen molar-refractivity contribution in [1.82, 2.24) is 15.1 Å². The third kappa shape index (κ3) is 3.25. The molecule has 3 nitrogen and oxygen atoms in total. The van der Waals surface area contributed by atoms with Crippen LogP contribution in [0, 0.1) is 6.92 Å². The van der Waals surface area contributed by atoms with Gasteiger partial charge in [0.25, 0.3) is 0 Å². The summed E-state index contributed by atoms with van der Waals surface area (Å²) in [4.78, 5) is 0. The van der Waals surface area contributed by atoms with Crippen molar-refractivity contribution in [1.29, 1.82) is 0 Å². The van der Waals surface area contributed by atoms with Crippen LogP contribution in [0.3, 0.4) is 0 Å². The lowest BCUT2D eigenvalue weighted by atomic mass is 10.1. The van der Waals surface area contributed by atoms with Gasteiger partial charge in [0, 0.05) is 34.9 Å². The van der Waals surface area contributed by atoms with Crippen LogP contribution in [-0.2, 0) is 7.05 Å². The topological polar surface area (TPSA) is 29.9 Å². The molecule has 1 aromatic heterocycles. The van der Waals surface area contributed by atoms with E-state index < -0.39 is 0 Å². The summed E-state index contributed by atoms with van der Waals surface area (Å²) >= 11 is 3.46. The van der Waals surface area contributed by atoms with Gasteiger partial charge in [-0.25, -0.2) is 0 Å². The van der Waals surface area contributed by atoms with Gasteiger partial charge < -0.3 is 5.32 Å². The van der Waals surface area contributed by atoms with Crippen LogP contribution in [0.4, 0.5) is 0 Å². The molecule has 4 heteroatoms. The highest BCUT2D eigenvalue weighted by molar-refractivity contribution is 9.10. The Balaban J connectivity index is 2.08. The Hall–Kier alpha value is -1.13. The zero-order valence-corrected chi connectivity index (χ0v) is 13.4. The van der Waals surface area contributed by atoms with Crippen molar-refractivity contribution in [3.05, 3.63) is 51.8 Å². The summed E-state index contributed by atoms with van der Waals surface area (Å²) in [6.45, 7) is 6.47. The molecule has 0 fully saturated rings. The summed E-state index contributed by atoms with van der Waals surface area (Å²) in [5.74, 6) is 0. The van der Waals surface area contributed by atoms with Gasteiger partial charge in [0.05, 0.1) is 6.20 Å². The Morgan fingerprint density at radius 2 is 1.79 bits per heavy atom. The van der Waals surface area contributed by atoms with Crippen LogP contribution >= 0.6 is 15.9 Å². The van der Waals surface area contributed by atoms with Crippen LogP contribution in [-0.4, -0.2) is 9.78 Å². The van der Waals surface area contributed by atoms with Crippen molar-refractivity contribution in [2.75, 3.05) is 0 Å². The van der Waals surface area contributed by atoms with Gasteiger partial charge in [0.1, 0.15) is 0 Å². The third-order valence-corrected chi connectivity index (χ3v) is 4.14. The number of benzene rings is 1. The molecule has 2 unspecified atom stereocenters. The van der Waals surface area contributed by atoms with Crippen LogP contribution < -0.4 is 5.32 Å². The number of halogens is 1. The van der Waals surface area contributed by atoms with Crippen molar-refractivity contribution >= 4 is 15.9 Å². The van der Waals surface area contributed by atoms with Gasteiger partial charge in [-0.1, -0.05) is 28.1 Å². The fraction of sp³-hybridized carbons (Fsp3) is 0.400. The standard InChI is InChI=1S/C15H20BrN3/c1-10(13-5-7-14(16)8-6-13)18-11(2)15-9-17-19(4)12(15)3/h5-11,18H,1-4H3. The first-order valence-corrected chi connectivity index (χ1v) is 7.28. The minimum Gasteiger partial charge on any atom is -0.304 e. The monoisotopic (exact) mass is 321 g/mol. The zero-order valence-electron chi connectivity index (χ0n) is 11.8. The number of aryl methyl sites for hydroxylation is 1. The van der Waals surface area contributed by atoms with E-state index in [9.17, 15) is 0 Å². The van der Waals surface area contributed by atoms with Gasteiger partial charge in [-0.2, -0.15) is 5.10 Å². The highest BCUT2D eigenvalue weighted by Gasteiger charge is 2.15. The minimum absolute atomic E-state index is 0.285. The van der Waals surface area contributed by atoms with E-state index in [2.05, 4.69) is 71.4 Å². The second-order valence-electron chi connectivity index (χ2n) is 4.97. The lowest BCUT2D eigenvalue weighted by molar-refractivity contribution is 0.492. The number of hydrogen-bond donors (Lipinski definition) is 1. The minimum atomic E-state index is 0.285. The van der Waals surface area contributed by atoms with E-state index in [4.69, 9.17) is 0 Å². The van der Waals surface area contributed by atoms with Crippen LogP contribution in [0.25, 0.3) is 0 Å². The quantitative estimate of drug-likeness (QED) is 0.925. The SMILES string of the molecule is Cc1c(C(C)NC(C)c2ccc(Br)cc2)cnn1C. The molecule has 2 aromatic rings. The molecule has 19 heavy (non-hydrogen) atoms. The number of hydrogen-bond acceptors (Lipinski definition) is 2. The van der Waals surface area contributed by atoms with Crippen LogP contribution in [0.5, 0.6) is 0 Å². The molecule has 0 aliphatic rings. The van der Waals surface area contributed by atoms with E-state index >= 15 is 0 Å². The lowest BCUT2D eigenvalue weighted by Crippen LogP contribution is -2.22. The average molecular weight is 322 g/mol. The molecule has 0 bridgehead atoms. The van der Waals surface area contributed by atoms with Gasteiger partial charge in [-0.15, -0.1) is 0 Å². The molecule has 0 radical (unpaired) electrons. The predicted molar refractivity (Wildman–Crippen MR) is 82.1 cm³/mol. The largest absolute Gasteiger partial charge is 0.304 e. The smallest absolute Gasteiger partial charge is 0.0540 e. The first-order chi connectivity index (χ1) is 8.99. The van der Waals surface area contributed by atoms with Crippen molar-refractivity contribution in [2.45, 2.75) is 32.9 Å². The highest BCUT2D eigenvalue weighted by atomic mass is 79.9. The Morgan fingerprint density at radius 1 is 1.16 bits per heavy atom. The van der Waals surface area contributed by atoms with E-state index in [1.807, 2.05) is 17.9 Å². The second kappa shape index (κ2) is 5.88. The molecule has 0 aliphatic carbocycles. The fourth-order valence-corrected chi connectivity index (χ4v) is 2.52. The molecule has 102 valence electrons. The molecule has 1 aromatic carbocycles. The molecule has 2 rings (SSSR count). The lowest BCUT2D eigenvalue weighted by Gasteiger charge is -2.20. The first-order valence-electron chi connectivity index (χ1n) is 6.49. The van der Waals surface area contributed by atoms with Gasteiger partial charge >= 0.3 is 0 Å². The number of rotatable bonds is 4. The Kier molecular flexibility index (Phi) is 4.42. The Bertz CT molecular complexity index is 545. The summed E-state index contributed by atoms with van der Waals surface area (Å²) in [7, 11) is 1.98. The van der Waals surface area contributed by atoms with Crippen LogP contribution in [0.15, 0.2) is 34.9 Å². The summed E-state index contributed by atoms with van der Waals surface area (Å²) in [5, 5.41) is 7.92. The molecular weight excluding hydrogens is 302 g/mol. The molecule has 0 saturated carbocycles. The Morgan fingerprint density at radius 3 is 2.32 bits per heavy atom. The molecule has 2 atom stereocenters. The number of nitrogens with zero attached hydrogens (tertiary/aromatic N) is 2. The van der Waals surface area contributed by atoms with Gasteiger partial charge in [0.2, 0.25) is 0 Å². The number of aromatic nitrogens is 2. The number of nitrogens with one attached hydrogen (secondary N) is 1. The predicted octanol–water partition coefficient (Wildman–Crippen LogP) is 3.90. The maximum absolute atomic E-state index is 4.30. The van der Waals surface area contributed by atoms with Gasteiger partial charge in [0.15, 0.2) is 0 Å². The molecule has 0 spiro atoms. The fourth-order valence-electron chi connectivity index (χ4n) is 2.25. The maximum Gasteiger partial charge on any atom is 0.0540 e. The summed E-state index contributed by atoms with van der Waals surface area (Å²) < 4.78 is 3.03. The van der Waals surface area contributed by atoms with Crippen molar-refractivity contribution < 1.29 is 0 Å². The summed E-state index contributed by atoms with van der Waals surface area (Å²) in [6.07, 6.45) is 1.95. The molecule has 1 heterocycles. The molecular formula is C15H20BrN3. The first kappa shape index (κ1) is 14.3. The van der Waals surface area contributed by atoms with E-state index in [1.54, 1.807) is 0 Å².